The third-order valence-corrected chi connectivity index (χ3v) is 4.44. The Kier molecular flexibility index (Phi) is 2.38. The van der Waals surface area contributed by atoms with Gasteiger partial charge in [0.05, 0.1) is 22.3 Å². The number of imidazole rings is 1. The highest BCUT2D eigenvalue weighted by Crippen LogP contribution is 2.43. The molecule has 6 heteroatoms. The molecule has 0 atom stereocenters. The van der Waals surface area contributed by atoms with Gasteiger partial charge in [-0.3, -0.25) is 0 Å². The van der Waals surface area contributed by atoms with Crippen LogP contribution in [0.1, 0.15) is 24.6 Å². The Morgan fingerprint density at radius 3 is 2.85 bits per heavy atom. The summed E-state index contributed by atoms with van der Waals surface area (Å²) in [4.78, 5) is 4.61. The first-order valence-electron chi connectivity index (χ1n) is 6.55. The first-order chi connectivity index (χ1) is 9.65. The molecular weight excluding hydrogens is 275 g/mol. The average molecular weight is 288 g/mol. The van der Waals surface area contributed by atoms with Gasteiger partial charge in [-0.1, -0.05) is 0 Å². The van der Waals surface area contributed by atoms with E-state index in [0.717, 1.165) is 35.4 Å². The predicted octanol–water partition coefficient (Wildman–Crippen LogP) is 3.52. The summed E-state index contributed by atoms with van der Waals surface area (Å²) in [7, 11) is 0. The Morgan fingerprint density at radius 2 is 2.20 bits per heavy atom. The van der Waals surface area contributed by atoms with Crippen LogP contribution < -0.4 is 5.73 Å². The van der Waals surface area contributed by atoms with Gasteiger partial charge in [0.1, 0.15) is 16.6 Å². The van der Waals surface area contributed by atoms with Gasteiger partial charge in [0, 0.05) is 12.1 Å². The van der Waals surface area contributed by atoms with E-state index in [1.54, 1.807) is 6.07 Å². The molecule has 3 aromatic rings. The van der Waals surface area contributed by atoms with Crippen LogP contribution in [0.4, 0.5) is 9.39 Å². The minimum Gasteiger partial charge on any atom is -0.389 e. The Bertz CT molecular complexity index is 797. The zero-order valence-corrected chi connectivity index (χ0v) is 11.7. The molecule has 1 aromatic carbocycles. The monoisotopic (exact) mass is 288 g/mol. The van der Waals surface area contributed by atoms with E-state index in [9.17, 15) is 4.39 Å². The van der Waals surface area contributed by atoms with Crippen molar-refractivity contribution in [1.82, 2.24) is 13.9 Å². The lowest BCUT2D eigenvalue weighted by Gasteiger charge is -2.07. The van der Waals surface area contributed by atoms with E-state index in [-0.39, 0.29) is 5.82 Å². The molecule has 0 unspecified atom stereocenters. The first kappa shape index (κ1) is 11.8. The normalized spacial score (nSPS) is 15.1. The lowest BCUT2D eigenvalue weighted by Crippen LogP contribution is -1.99. The van der Waals surface area contributed by atoms with Crippen LogP contribution in [0.3, 0.4) is 0 Å². The Hall–Kier alpha value is -1.95. The lowest BCUT2D eigenvalue weighted by atomic mass is 10.2. The quantitative estimate of drug-likeness (QED) is 0.785. The van der Waals surface area contributed by atoms with Gasteiger partial charge >= 0.3 is 0 Å². The molecule has 0 bridgehead atoms. The summed E-state index contributed by atoms with van der Waals surface area (Å²) in [6.07, 6.45) is 2.26. The number of anilines is 1. The second-order valence-corrected chi connectivity index (χ2v) is 5.98. The van der Waals surface area contributed by atoms with Crippen LogP contribution in [0.25, 0.3) is 22.4 Å². The van der Waals surface area contributed by atoms with Crippen molar-refractivity contribution in [3.05, 3.63) is 29.7 Å². The summed E-state index contributed by atoms with van der Waals surface area (Å²) < 4.78 is 19.9. The second-order valence-electron chi connectivity index (χ2n) is 5.18. The minimum absolute atomic E-state index is 0.266. The molecule has 0 amide bonds. The summed E-state index contributed by atoms with van der Waals surface area (Å²) in [5.74, 6) is 0.550. The molecule has 0 aliphatic heterocycles. The number of hydrogen-bond donors (Lipinski definition) is 1. The van der Waals surface area contributed by atoms with Gasteiger partial charge < -0.3 is 10.3 Å². The Morgan fingerprint density at radius 1 is 1.40 bits per heavy atom. The van der Waals surface area contributed by atoms with Crippen molar-refractivity contribution in [3.63, 3.8) is 0 Å². The van der Waals surface area contributed by atoms with Crippen LogP contribution in [-0.2, 0) is 0 Å². The van der Waals surface area contributed by atoms with Crippen LogP contribution in [0, 0.1) is 12.7 Å². The fourth-order valence-corrected chi connectivity index (χ4v) is 3.27. The summed E-state index contributed by atoms with van der Waals surface area (Å²) in [6, 6.07) is 5.20. The third kappa shape index (κ3) is 1.64. The largest absolute Gasteiger partial charge is 0.389 e. The standard InChI is InChI=1S/C14H13FN4S/c1-7-12(13(16)20-18-7)14-17-10-6-8(15)2-5-11(10)19(14)9-3-4-9/h2,5-6,9H,3-4,16H2,1H3. The maximum Gasteiger partial charge on any atom is 0.146 e. The van der Waals surface area contributed by atoms with E-state index in [4.69, 9.17) is 5.73 Å². The molecule has 1 aliphatic rings. The van der Waals surface area contributed by atoms with E-state index < -0.39 is 0 Å². The van der Waals surface area contributed by atoms with Gasteiger partial charge in [-0.05, 0) is 43.4 Å². The van der Waals surface area contributed by atoms with Crippen molar-refractivity contribution in [2.75, 3.05) is 5.73 Å². The van der Waals surface area contributed by atoms with Crippen LogP contribution in [0.5, 0.6) is 0 Å². The van der Waals surface area contributed by atoms with E-state index in [0.29, 0.717) is 16.6 Å². The van der Waals surface area contributed by atoms with Crippen molar-refractivity contribution >= 4 is 27.6 Å². The highest BCUT2D eigenvalue weighted by Gasteiger charge is 2.30. The maximum atomic E-state index is 13.4. The van der Waals surface area contributed by atoms with E-state index in [1.165, 1.54) is 23.7 Å². The molecule has 1 saturated carbocycles. The number of nitrogen functional groups attached to an aromatic ring is 1. The fourth-order valence-electron chi connectivity index (χ4n) is 2.61. The van der Waals surface area contributed by atoms with E-state index in [1.807, 2.05) is 6.92 Å². The fraction of sp³-hybridized carbons (Fsp3) is 0.286. The van der Waals surface area contributed by atoms with Crippen molar-refractivity contribution in [3.8, 4) is 11.4 Å². The van der Waals surface area contributed by atoms with Crippen LogP contribution in [0.2, 0.25) is 0 Å². The molecule has 0 saturated heterocycles. The van der Waals surface area contributed by atoms with Gasteiger partial charge in [-0.25, -0.2) is 9.37 Å². The van der Waals surface area contributed by atoms with Gasteiger partial charge in [-0.15, -0.1) is 0 Å². The predicted molar refractivity (Wildman–Crippen MR) is 78.2 cm³/mol. The molecule has 4 rings (SSSR count). The van der Waals surface area contributed by atoms with Crippen LogP contribution in [0.15, 0.2) is 18.2 Å². The zero-order chi connectivity index (χ0) is 13.9. The molecular formula is C14H13FN4S. The van der Waals surface area contributed by atoms with Crippen molar-refractivity contribution < 1.29 is 4.39 Å². The maximum absolute atomic E-state index is 13.4. The summed E-state index contributed by atoms with van der Waals surface area (Å²) in [5, 5.41) is 0.667. The molecule has 4 nitrogen and oxygen atoms in total. The molecule has 20 heavy (non-hydrogen) atoms. The van der Waals surface area contributed by atoms with E-state index >= 15 is 0 Å². The summed E-state index contributed by atoms with van der Waals surface area (Å²) in [6.45, 7) is 1.93. The summed E-state index contributed by atoms with van der Waals surface area (Å²) in [5.41, 5.74) is 9.45. The third-order valence-electron chi connectivity index (χ3n) is 3.68. The van der Waals surface area contributed by atoms with Gasteiger partial charge in [-0.2, -0.15) is 4.37 Å². The number of nitrogens with zero attached hydrogens (tertiary/aromatic N) is 3. The number of aryl methyl sites for hydroxylation is 1. The number of fused-ring (bicyclic) bond motifs is 1. The van der Waals surface area contributed by atoms with Crippen LogP contribution in [-0.4, -0.2) is 13.9 Å². The Balaban J connectivity index is 2.06. The molecule has 102 valence electrons. The first-order valence-corrected chi connectivity index (χ1v) is 7.32. The van der Waals surface area contributed by atoms with Gasteiger partial charge in [0.25, 0.3) is 0 Å². The number of halogens is 1. The van der Waals surface area contributed by atoms with Gasteiger partial charge in [0.15, 0.2) is 0 Å². The topological polar surface area (TPSA) is 56.7 Å². The minimum atomic E-state index is -0.266. The molecule has 0 spiro atoms. The SMILES string of the molecule is Cc1nsc(N)c1-c1nc2cc(F)ccc2n1C1CC1. The number of hydrogen-bond acceptors (Lipinski definition) is 4. The van der Waals surface area contributed by atoms with Crippen molar-refractivity contribution in [2.24, 2.45) is 0 Å². The molecule has 1 fully saturated rings. The highest BCUT2D eigenvalue weighted by atomic mass is 32.1. The molecule has 2 N–H and O–H groups in total. The number of benzene rings is 1. The molecule has 2 heterocycles. The average Bonchev–Trinajstić information content (AvgIpc) is 3.10. The van der Waals surface area contributed by atoms with Crippen LogP contribution >= 0.6 is 11.5 Å². The molecule has 1 aliphatic carbocycles. The van der Waals surface area contributed by atoms with E-state index in [2.05, 4.69) is 13.9 Å². The highest BCUT2D eigenvalue weighted by molar-refractivity contribution is 7.10. The summed E-state index contributed by atoms with van der Waals surface area (Å²) >= 11 is 1.28. The zero-order valence-electron chi connectivity index (χ0n) is 10.9. The smallest absolute Gasteiger partial charge is 0.146 e. The van der Waals surface area contributed by atoms with Crippen molar-refractivity contribution in [1.29, 1.82) is 0 Å². The molecule has 2 aromatic heterocycles. The van der Waals surface area contributed by atoms with Gasteiger partial charge in [0.2, 0.25) is 0 Å². The van der Waals surface area contributed by atoms with Crippen molar-refractivity contribution in [2.45, 2.75) is 25.8 Å². The second kappa shape index (κ2) is 4.02. The Labute approximate surface area is 119 Å². The lowest BCUT2D eigenvalue weighted by molar-refractivity contribution is 0.629. The number of rotatable bonds is 2. The number of aromatic nitrogens is 3. The molecule has 0 radical (unpaired) electrons. The number of nitrogens with two attached hydrogens (primary N) is 1.